The fourth-order valence-corrected chi connectivity index (χ4v) is 4.00. The zero-order chi connectivity index (χ0) is 17.7. The Kier molecular flexibility index (Phi) is 5.67. The molecule has 2 aliphatic rings. The Hall–Kier alpha value is -1.97. The van der Waals surface area contributed by atoms with Gasteiger partial charge in [-0.15, -0.1) is 0 Å². The van der Waals surface area contributed by atoms with Gasteiger partial charge in [0.15, 0.2) is 0 Å². The third-order valence-electron chi connectivity index (χ3n) is 5.34. The molecule has 1 amide bonds. The van der Waals surface area contributed by atoms with E-state index in [4.69, 9.17) is 9.47 Å². The van der Waals surface area contributed by atoms with E-state index in [-0.39, 0.29) is 17.6 Å². The maximum atomic E-state index is 11.7. The van der Waals surface area contributed by atoms with E-state index in [2.05, 4.69) is 29.6 Å². The Morgan fingerprint density at radius 1 is 1.28 bits per heavy atom. The summed E-state index contributed by atoms with van der Waals surface area (Å²) in [6.45, 7) is 5.20. The minimum atomic E-state index is -0.270. The lowest BCUT2D eigenvalue weighted by Crippen LogP contribution is -2.41. The molecule has 0 saturated heterocycles. The first kappa shape index (κ1) is 17.8. The molecule has 136 valence electrons. The zero-order valence-corrected chi connectivity index (χ0v) is 15.3. The Morgan fingerprint density at radius 3 is 2.80 bits per heavy atom. The number of hydrogen-bond acceptors (Lipinski definition) is 3. The summed E-state index contributed by atoms with van der Waals surface area (Å²) in [6, 6.07) is 6.59. The quantitative estimate of drug-likeness (QED) is 0.841. The van der Waals surface area contributed by atoms with Crippen LogP contribution >= 0.6 is 0 Å². The number of amides is 1. The van der Waals surface area contributed by atoms with Gasteiger partial charge >= 0.3 is 6.09 Å². The predicted molar refractivity (Wildman–Crippen MR) is 99.8 cm³/mol. The van der Waals surface area contributed by atoms with Gasteiger partial charge in [0, 0.05) is 11.6 Å². The van der Waals surface area contributed by atoms with Crippen molar-refractivity contribution in [3.63, 3.8) is 0 Å². The second-order valence-corrected chi connectivity index (χ2v) is 7.19. The molecule has 0 heterocycles. The van der Waals surface area contributed by atoms with Crippen LogP contribution < -0.4 is 10.1 Å². The molecule has 1 aromatic rings. The van der Waals surface area contributed by atoms with Crippen molar-refractivity contribution in [1.29, 1.82) is 0 Å². The first-order chi connectivity index (χ1) is 12.2. The van der Waals surface area contributed by atoms with Crippen LogP contribution in [0.3, 0.4) is 0 Å². The number of nitrogens with one attached hydrogen (secondary N) is 1. The molecule has 0 aliphatic heterocycles. The van der Waals surface area contributed by atoms with Crippen molar-refractivity contribution in [3.05, 3.63) is 35.4 Å². The Labute approximate surface area is 150 Å². The number of carbonyl (C=O) groups excluding carboxylic acids is 1. The summed E-state index contributed by atoms with van der Waals surface area (Å²) in [5, 5.41) is 3.02. The summed E-state index contributed by atoms with van der Waals surface area (Å²) in [6.07, 6.45) is 10.5. The predicted octanol–water partition coefficient (Wildman–Crippen LogP) is 4.72. The van der Waals surface area contributed by atoms with E-state index < -0.39 is 0 Å². The molecule has 0 atom stereocenters. The van der Waals surface area contributed by atoms with Crippen LogP contribution in [0.1, 0.15) is 57.1 Å². The molecule has 1 aromatic carbocycles. The van der Waals surface area contributed by atoms with Crippen molar-refractivity contribution in [2.24, 2.45) is 5.41 Å². The van der Waals surface area contributed by atoms with E-state index in [0.717, 1.165) is 44.3 Å². The Balaban J connectivity index is 1.60. The largest absolute Gasteiger partial charge is 0.493 e. The van der Waals surface area contributed by atoms with Gasteiger partial charge in [-0.2, -0.15) is 0 Å². The van der Waals surface area contributed by atoms with E-state index in [1.807, 2.05) is 19.9 Å². The summed E-state index contributed by atoms with van der Waals surface area (Å²) < 4.78 is 10.9. The standard InChI is InChI=1S/C21H29NO3/c1-3-14-25-20(23)22-17-8-11-21(12-9-17)13-10-18-16(15-21)6-5-7-19(18)24-4-2/h5-7,10,13,17H,3-4,8-9,11-12,14-15H2,1-2H3,(H,22,23). The van der Waals surface area contributed by atoms with Crippen LogP contribution in [0.25, 0.3) is 6.08 Å². The highest BCUT2D eigenvalue weighted by atomic mass is 16.5. The molecule has 0 radical (unpaired) electrons. The molecule has 4 heteroatoms. The van der Waals surface area contributed by atoms with Gasteiger partial charge in [-0.05, 0) is 62.5 Å². The number of rotatable bonds is 5. The van der Waals surface area contributed by atoms with Crippen LogP contribution in [0.15, 0.2) is 24.3 Å². The average Bonchev–Trinajstić information content (AvgIpc) is 2.62. The van der Waals surface area contributed by atoms with Gasteiger partial charge in [-0.3, -0.25) is 0 Å². The lowest BCUT2D eigenvalue weighted by molar-refractivity contribution is 0.133. The van der Waals surface area contributed by atoms with E-state index in [0.29, 0.717) is 13.2 Å². The summed E-state index contributed by atoms with van der Waals surface area (Å²) in [5.74, 6) is 0.986. The van der Waals surface area contributed by atoms with Gasteiger partial charge < -0.3 is 14.8 Å². The van der Waals surface area contributed by atoms with Crippen molar-refractivity contribution < 1.29 is 14.3 Å². The van der Waals surface area contributed by atoms with E-state index in [9.17, 15) is 4.79 Å². The number of benzene rings is 1. The molecule has 2 aliphatic carbocycles. The molecule has 25 heavy (non-hydrogen) atoms. The highest BCUT2D eigenvalue weighted by molar-refractivity contribution is 5.67. The van der Waals surface area contributed by atoms with Crippen molar-refractivity contribution in [1.82, 2.24) is 5.32 Å². The second kappa shape index (κ2) is 7.94. The molecule has 3 rings (SSSR count). The molecule has 0 bridgehead atoms. The second-order valence-electron chi connectivity index (χ2n) is 7.19. The summed E-state index contributed by atoms with van der Waals surface area (Å²) >= 11 is 0. The number of alkyl carbamates (subject to hydrolysis) is 1. The first-order valence-corrected chi connectivity index (χ1v) is 9.53. The van der Waals surface area contributed by atoms with Crippen LogP contribution in [0, 0.1) is 5.41 Å². The fraction of sp³-hybridized carbons (Fsp3) is 0.571. The molecule has 4 nitrogen and oxygen atoms in total. The first-order valence-electron chi connectivity index (χ1n) is 9.53. The molecule has 1 saturated carbocycles. The molecular weight excluding hydrogens is 314 g/mol. The van der Waals surface area contributed by atoms with Crippen molar-refractivity contribution in [2.75, 3.05) is 13.2 Å². The van der Waals surface area contributed by atoms with Gasteiger partial charge in [0.25, 0.3) is 0 Å². The van der Waals surface area contributed by atoms with E-state index in [1.165, 1.54) is 11.1 Å². The normalized spacial score (nSPS) is 24.6. The monoisotopic (exact) mass is 343 g/mol. The Morgan fingerprint density at radius 2 is 2.08 bits per heavy atom. The van der Waals surface area contributed by atoms with Crippen molar-refractivity contribution in [2.45, 2.75) is 58.4 Å². The molecule has 1 fully saturated rings. The van der Waals surface area contributed by atoms with Crippen LogP contribution in [-0.4, -0.2) is 25.3 Å². The number of hydrogen-bond donors (Lipinski definition) is 1. The highest BCUT2D eigenvalue weighted by Crippen LogP contribution is 2.45. The number of fused-ring (bicyclic) bond motifs is 1. The number of allylic oxidation sites excluding steroid dienone is 1. The van der Waals surface area contributed by atoms with Gasteiger partial charge in [0.1, 0.15) is 5.75 Å². The number of ether oxygens (including phenoxy) is 2. The van der Waals surface area contributed by atoms with Gasteiger partial charge in [0.05, 0.1) is 13.2 Å². The minimum Gasteiger partial charge on any atom is -0.493 e. The SMILES string of the molecule is CCCOC(=O)NC1CCC2(C=Cc3c(cccc3OCC)C2)CC1. The lowest BCUT2D eigenvalue weighted by atomic mass is 9.66. The Bertz CT molecular complexity index is 630. The number of carbonyl (C=O) groups is 1. The van der Waals surface area contributed by atoms with Crippen LogP contribution in [0.4, 0.5) is 4.79 Å². The highest BCUT2D eigenvalue weighted by Gasteiger charge is 2.36. The van der Waals surface area contributed by atoms with Crippen molar-refractivity contribution in [3.8, 4) is 5.75 Å². The molecule has 0 unspecified atom stereocenters. The topological polar surface area (TPSA) is 47.6 Å². The van der Waals surface area contributed by atoms with Gasteiger partial charge in [0.2, 0.25) is 0 Å². The van der Waals surface area contributed by atoms with Crippen LogP contribution in [0.2, 0.25) is 0 Å². The summed E-state index contributed by atoms with van der Waals surface area (Å²) in [7, 11) is 0. The third kappa shape index (κ3) is 4.17. The molecular formula is C21H29NO3. The molecule has 1 N–H and O–H groups in total. The maximum Gasteiger partial charge on any atom is 0.407 e. The van der Waals surface area contributed by atoms with Gasteiger partial charge in [-0.25, -0.2) is 4.79 Å². The van der Waals surface area contributed by atoms with Crippen molar-refractivity contribution >= 4 is 12.2 Å². The van der Waals surface area contributed by atoms with E-state index in [1.54, 1.807) is 0 Å². The smallest absolute Gasteiger partial charge is 0.407 e. The van der Waals surface area contributed by atoms with E-state index >= 15 is 0 Å². The maximum absolute atomic E-state index is 11.7. The third-order valence-corrected chi connectivity index (χ3v) is 5.34. The van der Waals surface area contributed by atoms with Crippen LogP contribution in [-0.2, 0) is 11.2 Å². The molecule has 1 spiro atoms. The lowest BCUT2D eigenvalue weighted by Gasteiger charge is -2.40. The summed E-state index contributed by atoms with van der Waals surface area (Å²) in [4.78, 5) is 11.7. The average molecular weight is 343 g/mol. The fourth-order valence-electron chi connectivity index (χ4n) is 4.00. The zero-order valence-electron chi connectivity index (χ0n) is 15.3. The van der Waals surface area contributed by atoms with Gasteiger partial charge in [-0.1, -0.05) is 31.2 Å². The van der Waals surface area contributed by atoms with Crippen LogP contribution in [0.5, 0.6) is 5.75 Å². The molecule has 0 aromatic heterocycles. The summed E-state index contributed by atoms with van der Waals surface area (Å²) in [5.41, 5.74) is 2.84. The minimum absolute atomic E-state index is 0.226.